The number of nitrogens with zero attached hydrogens (tertiary/aromatic N) is 1. The maximum absolute atomic E-state index is 5.87. The van der Waals surface area contributed by atoms with Crippen molar-refractivity contribution in [3.63, 3.8) is 0 Å². The molecule has 1 aromatic carbocycles. The van der Waals surface area contributed by atoms with E-state index in [0.29, 0.717) is 5.28 Å². The lowest BCUT2D eigenvalue weighted by Gasteiger charge is -2.01. The van der Waals surface area contributed by atoms with Gasteiger partial charge in [-0.25, -0.2) is 4.98 Å². The number of aryl methyl sites for hydroxylation is 2. The lowest BCUT2D eigenvalue weighted by atomic mass is 10.1. The first-order valence-electron chi connectivity index (χ1n) is 5.02. The second kappa shape index (κ2) is 4.07. The van der Waals surface area contributed by atoms with Crippen LogP contribution in [0.5, 0.6) is 0 Å². The van der Waals surface area contributed by atoms with Crippen LogP contribution in [0.2, 0.25) is 5.28 Å². The molecule has 0 fully saturated rings. The predicted molar refractivity (Wildman–Crippen MR) is 63.1 cm³/mol. The van der Waals surface area contributed by atoms with E-state index >= 15 is 0 Å². The van der Waals surface area contributed by atoms with Crippen molar-refractivity contribution < 1.29 is 0 Å². The summed E-state index contributed by atoms with van der Waals surface area (Å²) in [6, 6.07) is 8.28. The first-order chi connectivity index (χ1) is 7.20. The van der Waals surface area contributed by atoms with Gasteiger partial charge in [-0.1, -0.05) is 30.7 Å². The molecule has 1 N–H and O–H groups in total. The SMILES string of the molecule is CCc1[nH]c(Cl)nc1-c1cccc(C)c1. The van der Waals surface area contributed by atoms with Gasteiger partial charge < -0.3 is 4.98 Å². The molecule has 0 atom stereocenters. The number of aromatic nitrogens is 2. The van der Waals surface area contributed by atoms with Crippen molar-refractivity contribution in [3.8, 4) is 11.3 Å². The number of imidazole rings is 1. The number of rotatable bonds is 2. The van der Waals surface area contributed by atoms with Crippen molar-refractivity contribution in [3.05, 3.63) is 40.8 Å². The van der Waals surface area contributed by atoms with Crippen LogP contribution in [0.1, 0.15) is 18.2 Å². The number of aromatic amines is 1. The van der Waals surface area contributed by atoms with Gasteiger partial charge in [0, 0.05) is 11.3 Å². The number of hydrogen-bond donors (Lipinski definition) is 1. The third-order valence-electron chi connectivity index (χ3n) is 2.39. The first kappa shape index (κ1) is 10.2. The van der Waals surface area contributed by atoms with Crippen molar-refractivity contribution in [1.29, 1.82) is 0 Å². The van der Waals surface area contributed by atoms with E-state index in [0.717, 1.165) is 23.4 Å². The van der Waals surface area contributed by atoms with Crippen molar-refractivity contribution in [2.75, 3.05) is 0 Å². The van der Waals surface area contributed by atoms with E-state index in [4.69, 9.17) is 11.6 Å². The van der Waals surface area contributed by atoms with Crippen LogP contribution in [0.4, 0.5) is 0 Å². The zero-order valence-electron chi connectivity index (χ0n) is 8.84. The van der Waals surface area contributed by atoms with Crippen LogP contribution in [-0.4, -0.2) is 9.97 Å². The van der Waals surface area contributed by atoms with Gasteiger partial charge in [-0.15, -0.1) is 0 Å². The minimum atomic E-state index is 0.461. The minimum absolute atomic E-state index is 0.461. The topological polar surface area (TPSA) is 28.7 Å². The zero-order chi connectivity index (χ0) is 10.8. The van der Waals surface area contributed by atoms with Crippen molar-refractivity contribution in [2.24, 2.45) is 0 Å². The summed E-state index contributed by atoms with van der Waals surface area (Å²) in [7, 11) is 0. The standard InChI is InChI=1S/C12H13ClN2/c1-3-10-11(15-12(13)14-10)9-6-4-5-8(2)7-9/h4-7H,3H2,1-2H3,(H,14,15). The predicted octanol–water partition coefficient (Wildman–Crippen LogP) is 3.60. The second-order valence-electron chi connectivity index (χ2n) is 3.58. The third-order valence-corrected chi connectivity index (χ3v) is 2.57. The number of benzene rings is 1. The largest absolute Gasteiger partial charge is 0.332 e. The van der Waals surface area contributed by atoms with E-state index in [1.165, 1.54) is 5.56 Å². The Hall–Kier alpha value is -1.28. The van der Waals surface area contributed by atoms with Gasteiger partial charge in [-0.2, -0.15) is 0 Å². The molecule has 0 bridgehead atoms. The molecule has 2 rings (SSSR count). The van der Waals surface area contributed by atoms with Gasteiger partial charge in [0.1, 0.15) is 0 Å². The van der Waals surface area contributed by atoms with Gasteiger partial charge >= 0.3 is 0 Å². The molecule has 78 valence electrons. The Kier molecular flexibility index (Phi) is 2.78. The van der Waals surface area contributed by atoms with Crippen molar-refractivity contribution >= 4 is 11.6 Å². The Morgan fingerprint density at radius 3 is 2.87 bits per heavy atom. The molecule has 0 aliphatic heterocycles. The molecular weight excluding hydrogens is 208 g/mol. The Morgan fingerprint density at radius 1 is 1.40 bits per heavy atom. The quantitative estimate of drug-likeness (QED) is 0.823. The maximum atomic E-state index is 5.87. The Bertz CT molecular complexity index is 474. The second-order valence-corrected chi connectivity index (χ2v) is 3.94. The van der Waals surface area contributed by atoms with E-state index < -0.39 is 0 Å². The van der Waals surface area contributed by atoms with Crippen LogP contribution in [0.25, 0.3) is 11.3 Å². The Labute approximate surface area is 94.3 Å². The molecule has 1 heterocycles. The summed E-state index contributed by atoms with van der Waals surface area (Å²) < 4.78 is 0. The molecule has 15 heavy (non-hydrogen) atoms. The molecule has 0 unspecified atom stereocenters. The molecule has 0 aliphatic rings. The normalized spacial score (nSPS) is 10.6. The van der Waals surface area contributed by atoms with Crippen LogP contribution >= 0.6 is 11.6 Å². The van der Waals surface area contributed by atoms with Gasteiger partial charge in [-0.05, 0) is 31.0 Å². The maximum Gasteiger partial charge on any atom is 0.200 e. The van der Waals surface area contributed by atoms with Gasteiger partial charge in [0.15, 0.2) is 0 Å². The lowest BCUT2D eigenvalue weighted by molar-refractivity contribution is 1.07. The first-order valence-corrected chi connectivity index (χ1v) is 5.40. The number of nitrogens with one attached hydrogen (secondary N) is 1. The van der Waals surface area contributed by atoms with Crippen LogP contribution < -0.4 is 0 Å². The number of halogens is 1. The van der Waals surface area contributed by atoms with E-state index in [1.807, 2.05) is 6.07 Å². The van der Waals surface area contributed by atoms with Crippen molar-refractivity contribution in [2.45, 2.75) is 20.3 Å². The average Bonchev–Trinajstić information content (AvgIpc) is 2.59. The summed E-state index contributed by atoms with van der Waals surface area (Å²) in [6.45, 7) is 4.16. The van der Waals surface area contributed by atoms with Crippen LogP contribution in [-0.2, 0) is 6.42 Å². The van der Waals surface area contributed by atoms with Gasteiger partial charge in [-0.3, -0.25) is 0 Å². The molecule has 0 spiro atoms. The summed E-state index contributed by atoms with van der Waals surface area (Å²) in [4.78, 5) is 7.37. The van der Waals surface area contributed by atoms with Gasteiger partial charge in [0.25, 0.3) is 0 Å². The fourth-order valence-corrected chi connectivity index (χ4v) is 1.86. The fourth-order valence-electron chi connectivity index (χ4n) is 1.66. The Balaban J connectivity index is 2.53. The number of hydrogen-bond acceptors (Lipinski definition) is 1. The third kappa shape index (κ3) is 2.05. The summed E-state index contributed by atoms with van der Waals surface area (Å²) in [5.41, 5.74) is 4.40. The highest BCUT2D eigenvalue weighted by molar-refractivity contribution is 6.28. The molecule has 0 saturated carbocycles. The van der Waals surface area contributed by atoms with Crippen molar-refractivity contribution in [1.82, 2.24) is 9.97 Å². The van der Waals surface area contributed by atoms with Crippen LogP contribution in [0.15, 0.2) is 24.3 Å². The smallest absolute Gasteiger partial charge is 0.200 e. The Morgan fingerprint density at radius 2 is 2.20 bits per heavy atom. The molecule has 2 nitrogen and oxygen atoms in total. The zero-order valence-corrected chi connectivity index (χ0v) is 9.60. The van der Waals surface area contributed by atoms with Gasteiger partial charge in [0.2, 0.25) is 5.28 Å². The highest BCUT2D eigenvalue weighted by atomic mass is 35.5. The summed E-state index contributed by atoms with van der Waals surface area (Å²) in [6.07, 6.45) is 0.906. The summed E-state index contributed by atoms with van der Waals surface area (Å²) in [5.74, 6) is 0. The molecule has 0 radical (unpaired) electrons. The highest BCUT2D eigenvalue weighted by Crippen LogP contribution is 2.24. The fraction of sp³-hybridized carbons (Fsp3) is 0.250. The summed E-state index contributed by atoms with van der Waals surface area (Å²) >= 11 is 5.87. The lowest BCUT2D eigenvalue weighted by Crippen LogP contribution is -1.86. The highest BCUT2D eigenvalue weighted by Gasteiger charge is 2.09. The van der Waals surface area contributed by atoms with Crippen LogP contribution in [0.3, 0.4) is 0 Å². The van der Waals surface area contributed by atoms with Gasteiger partial charge in [0.05, 0.1) is 5.69 Å². The molecule has 0 aliphatic carbocycles. The summed E-state index contributed by atoms with van der Waals surface area (Å²) in [5, 5.41) is 0.461. The number of H-pyrrole nitrogens is 1. The molecule has 3 heteroatoms. The van der Waals surface area contributed by atoms with E-state index in [9.17, 15) is 0 Å². The van der Waals surface area contributed by atoms with E-state index in [-0.39, 0.29) is 0 Å². The molecule has 1 aromatic heterocycles. The van der Waals surface area contributed by atoms with E-state index in [2.05, 4.69) is 42.0 Å². The average molecular weight is 221 g/mol. The van der Waals surface area contributed by atoms with Crippen LogP contribution in [0, 0.1) is 6.92 Å². The monoisotopic (exact) mass is 220 g/mol. The molecular formula is C12H13ClN2. The molecule has 0 amide bonds. The molecule has 0 saturated heterocycles. The molecule has 2 aromatic rings. The van der Waals surface area contributed by atoms with E-state index in [1.54, 1.807) is 0 Å². The minimum Gasteiger partial charge on any atom is -0.332 e.